The van der Waals surface area contributed by atoms with Crippen LogP contribution in [0.2, 0.25) is 0 Å². The molecule has 0 unspecified atom stereocenters. The Morgan fingerprint density at radius 3 is 1.97 bits per heavy atom. The van der Waals surface area contributed by atoms with Crippen molar-refractivity contribution in [3.05, 3.63) is 83.3 Å². The van der Waals surface area contributed by atoms with E-state index in [-0.39, 0.29) is 15.6 Å². The van der Waals surface area contributed by atoms with Gasteiger partial charge in [0.2, 0.25) is 9.84 Å². The summed E-state index contributed by atoms with van der Waals surface area (Å²) in [7, 11) is -4.12. The van der Waals surface area contributed by atoms with Crippen LogP contribution in [0.1, 0.15) is 30.4 Å². The third kappa shape index (κ3) is 3.83. The van der Waals surface area contributed by atoms with Crippen molar-refractivity contribution >= 4 is 25.7 Å². The summed E-state index contributed by atoms with van der Waals surface area (Å²) < 4.78 is 32.2. The van der Waals surface area contributed by atoms with Crippen molar-refractivity contribution < 1.29 is 23.1 Å². The second kappa shape index (κ2) is 8.33. The first-order valence-corrected chi connectivity index (χ1v) is 11.2. The molecule has 1 amide bonds. The number of hydrazine groups is 1. The highest BCUT2D eigenvalue weighted by atomic mass is 32.2. The lowest BCUT2D eigenvalue weighted by Crippen LogP contribution is -2.45. The molecular weight excluding hydrogens is 404 g/mol. The molecule has 0 radical (unpaired) electrons. The lowest BCUT2D eigenvalue weighted by Gasteiger charge is -2.26. The van der Waals surface area contributed by atoms with Crippen LogP contribution < -0.4 is 5.43 Å². The summed E-state index contributed by atoms with van der Waals surface area (Å²) in [5, 5.41) is 12.6. The van der Waals surface area contributed by atoms with E-state index in [4.69, 9.17) is 4.74 Å². The zero-order chi connectivity index (χ0) is 21.1. The molecule has 1 saturated heterocycles. The maximum absolute atomic E-state index is 13.4. The monoisotopic (exact) mass is 426 g/mol. The lowest BCUT2D eigenvalue weighted by molar-refractivity contribution is 0.112. The summed E-state index contributed by atoms with van der Waals surface area (Å²) >= 11 is 0. The van der Waals surface area contributed by atoms with Crippen LogP contribution in [0.25, 0.3) is 9.81 Å². The number of carbonyl (C=O) groups excluding carboxylic acids is 1. The second-order valence-electron chi connectivity index (χ2n) is 7.12. The van der Waals surface area contributed by atoms with Gasteiger partial charge in [-0.15, -0.1) is 0 Å². The summed E-state index contributed by atoms with van der Waals surface area (Å²) in [5.74, 6) is -0.941. The van der Waals surface area contributed by atoms with Crippen molar-refractivity contribution in [2.75, 3.05) is 13.1 Å². The van der Waals surface area contributed by atoms with Gasteiger partial charge in [0.05, 0.1) is 0 Å². The van der Waals surface area contributed by atoms with Crippen molar-refractivity contribution in [2.45, 2.75) is 19.3 Å². The van der Waals surface area contributed by atoms with Crippen LogP contribution in [0.4, 0.5) is 4.79 Å². The Labute approximate surface area is 175 Å². The molecule has 2 aliphatic heterocycles. The maximum Gasteiger partial charge on any atom is 0.427 e. The smallest absolute Gasteiger partial charge is 0.427 e. The van der Waals surface area contributed by atoms with E-state index in [0.717, 1.165) is 19.3 Å². The Morgan fingerprint density at radius 1 is 0.867 bits per heavy atom. The molecule has 30 heavy (non-hydrogen) atoms. The predicted molar refractivity (Wildman–Crippen MR) is 113 cm³/mol. The molecule has 2 heterocycles. The fourth-order valence-corrected chi connectivity index (χ4v) is 5.49. The Balaban J connectivity index is 1.74. The summed E-state index contributed by atoms with van der Waals surface area (Å²) in [4.78, 5) is 12.0. The van der Waals surface area contributed by atoms with Gasteiger partial charge in [0.25, 0.3) is 0 Å². The average Bonchev–Trinajstić information content (AvgIpc) is 2.94. The number of amides is 1. The highest BCUT2D eigenvalue weighted by Gasteiger charge is 2.42. The number of ether oxygens (including phenoxy) is 1. The maximum atomic E-state index is 13.4. The number of carbonyl (C=O) groups is 1. The van der Waals surface area contributed by atoms with E-state index < -0.39 is 21.7 Å². The number of hydrogen-bond donors (Lipinski definition) is 2. The quantitative estimate of drug-likeness (QED) is 0.771. The van der Waals surface area contributed by atoms with Crippen molar-refractivity contribution in [2.24, 2.45) is 0 Å². The normalized spacial score (nSPS) is 19.1. The summed E-state index contributed by atoms with van der Waals surface area (Å²) in [6.07, 6.45) is 2.17. The number of hydrogen-bond acceptors (Lipinski definition) is 6. The topological polar surface area (TPSA) is 95.9 Å². The Hall–Kier alpha value is -3.10. The van der Waals surface area contributed by atoms with Gasteiger partial charge in [-0.2, -0.15) is 0 Å². The van der Waals surface area contributed by atoms with Crippen LogP contribution in [0.5, 0.6) is 0 Å². The van der Waals surface area contributed by atoms with Crippen LogP contribution in [0.3, 0.4) is 0 Å². The van der Waals surface area contributed by atoms with E-state index in [1.807, 2.05) is 0 Å². The van der Waals surface area contributed by atoms with E-state index in [2.05, 4.69) is 5.43 Å². The van der Waals surface area contributed by atoms with Gasteiger partial charge in [-0.3, -0.25) is 5.43 Å². The van der Waals surface area contributed by atoms with E-state index in [1.165, 1.54) is 0 Å². The predicted octanol–water partition coefficient (Wildman–Crippen LogP) is 3.84. The summed E-state index contributed by atoms with van der Waals surface area (Å²) in [5.41, 5.74) is 3.28. The van der Waals surface area contributed by atoms with Crippen LogP contribution in [0, 0.1) is 0 Å². The molecule has 4 rings (SSSR count). The minimum atomic E-state index is -4.12. The van der Waals surface area contributed by atoms with E-state index >= 15 is 0 Å². The van der Waals surface area contributed by atoms with Gasteiger partial charge < -0.3 is 9.84 Å². The largest absolute Gasteiger partial charge is 0.503 e. The number of nitrogens with zero attached hydrogens (tertiary/aromatic N) is 1. The summed E-state index contributed by atoms with van der Waals surface area (Å²) in [6.45, 7) is 1.38. The average molecular weight is 426 g/mol. The molecule has 0 aliphatic carbocycles. The first kappa shape index (κ1) is 20.2. The lowest BCUT2D eigenvalue weighted by atomic mass is 10.1. The molecule has 0 atom stereocenters. The number of piperidine rings is 1. The van der Waals surface area contributed by atoms with Gasteiger partial charge >= 0.3 is 6.09 Å². The molecule has 0 spiro atoms. The zero-order valence-corrected chi connectivity index (χ0v) is 17.1. The molecular formula is C22H22N2O5S. The fraction of sp³-hybridized carbons (Fsp3) is 0.227. The number of aliphatic hydroxyl groups excluding tert-OH is 1. The molecule has 8 heteroatoms. The minimum absolute atomic E-state index is 0.228. The molecule has 7 nitrogen and oxygen atoms in total. The number of aliphatic hydroxyl groups is 1. The van der Waals surface area contributed by atoms with Crippen LogP contribution in [0.15, 0.2) is 72.2 Å². The van der Waals surface area contributed by atoms with E-state index in [0.29, 0.717) is 24.2 Å². The molecule has 0 bridgehead atoms. The second-order valence-corrected chi connectivity index (χ2v) is 8.94. The molecule has 2 N–H and O–H groups in total. The minimum Gasteiger partial charge on any atom is -0.503 e. The van der Waals surface area contributed by atoms with E-state index in [1.54, 1.807) is 65.7 Å². The first-order chi connectivity index (χ1) is 14.5. The Bertz CT molecular complexity index is 1100. The third-order valence-electron chi connectivity index (χ3n) is 5.05. The molecule has 0 saturated carbocycles. The van der Waals surface area contributed by atoms with Gasteiger partial charge in [0.1, 0.15) is 9.81 Å². The summed E-state index contributed by atoms with van der Waals surface area (Å²) in [6, 6.07) is 16.6. The van der Waals surface area contributed by atoms with Gasteiger partial charge in [-0.05, 0) is 24.0 Å². The highest BCUT2D eigenvalue weighted by molar-refractivity contribution is 8.09. The van der Waals surface area contributed by atoms with E-state index in [9.17, 15) is 18.3 Å². The number of rotatable bonds is 4. The molecule has 2 aliphatic rings. The third-order valence-corrected chi connectivity index (χ3v) is 6.97. The van der Waals surface area contributed by atoms with Gasteiger partial charge in [0.15, 0.2) is 11.5 Å². The molecule has 2 aromatic rings. The van der Waals surface area contributed by atoms with Gasteiger partial charge in [-0.25, -0.2) is 18.2 Å². The van der Waals surface area contributed by atoms with Crippen molar-refractivity contribution in [1.82, 2.24) is 10.4 Å². The van der Waals surface area contributed by atoms with Gasteiger partial charge in [0, 0.05) is 13.1 Å². The zero-order valence-electron chi connectivity index (χ0n) is 16.2. The van der Waals surface area contributed by atoms with Gasteiger partial charge in [-0.1, -0.05) is 67.1 Å². The van der Waals surface area contributed by atoms with Crippen molar-refractivity contribution in [3.8, 4) is 0 Å². The molecule has 1 fully saturated rings. The molecule has 2 aromatic carbocycles. The van der Waals surface area contributed by atoms with Crippen LogP contribution in [-0.4, -0.2) is 37.7 Å². The number of sulfone groups is 1. The number of nitrogens with one attached hydrogen (secondary N) is 1. The standard InChI is InChI=1S/C22H22N2O5S/c25-18-19(29-22(26)23-24-14-8-3-9-15-24)21(17-12-6-2-7-13-17)30(27,28)20(18)16-10-4-1-5-11-16/h1-2,4-7,10-13,25H,3,8-9,14-15H2,(H,23,26). The van der Waals surface area contributed by atoms with Crippen molar-refractivity contribution in [1.29, 1.82) is 0 Å². The first-order valence-electron chi connectivity index (χ1n) is 9.75. The molecule has 0 aromatic heterocycles. The SMILES string of the molecule is O=C(NN1CCCCC1)OC1=C(c2ccccc2)S(=O)(=O)C(c2ccccc2)=C1O. The number of benzene rings is 2. The molecule has 156 valence electrons. The Kier molecular flexibility index (Phi) is 5.61. The Morgan fingerprint density at radius 2 is 1.40 bits per heavy atom. The van der Waals surface area contributed by atoms with Crippen molar-refractivity contribution in [3.63, 3.8) is 0 Å². The van der Waals surface area contributed by atoms with Crippen LogP contribution in [-0.2, 0) is 14.6 Å². The van der Waals surface area contributed by atoms with Crippen LogP contribution >= 0.6 is 0 Å². The fourth-order valence-electron chi connectivity index (χ4n) is 3.66. The highest BCUT2D eigenvalue weighted by Crippen LogP contribution is 2.45.